The molecule has 0 saturated carbocycles. The maximum absolute atomic E-state index is 13.5. The molecule has 1 N–H and O–H groups in total. The van der Waals surface area contributed by atoms with Gasteiger partial charge in [0.2, 0.25) is 0 Å². The number of nitrogens with zero attached hydrogens (tertiary/aromatic N) is 3. The van der Waals surface area contributed by atoms with Crippen molar-refractivity contribution in [2.75, 3.05) is 12.0 Å². The van der Waals surface area contributed by atoms with Crippen LogP contribution in [0.1, 0.15) is 21.6 Å². The second-order valence-electron chi connectivity index (χ2n) is 7.99. The van der Waals surface area contributed by atoms with Gasteiger partial charge in [0.1, 0.15) is 11.5 Å². The van der Waals surface area contributed by atoms with Gasteiger partial charge in [-0.1, -0.05) is 29.8 Å². The predicted molar refractivity (Wildman–Crippen MR) is 130 cm³/mol. The van der Waals surface area contributed by atoms with Crippen LogP contribution in [0.4, 0.5) is 18.9 Å². The number of benzene rings is 3. The Kier molecular flexibility index (Phi) is 6.94. The third-order valence-corrected chi connectivity index (χ3v) is 5.81. The van der Waals surface area contributed by atoms with Gasteiger partial charge in [0.05, 0.1) is 19.3 Å². The highest BCUT2D eigenvalue weighted by atomic mass is 35.5. The van der Waals surface area contributed by atoms with Crippen LogP contribution in [0.25, 0.3) is 11.3 Å². The van der Waals surface area contributed by atoms with Crippen molar-refractivity contribution in [3.63, 3.8) is 0 Å². The van der Waals surface area contributed by atoms with E-state index in [1.165, 1.54) is 31.2 Å². The molecule has 36 heavy (non-hydrogen) atoms. The zero-order chi connectivity index (χ0) is 26.0. The third-order valence-electron chi connectivity index (χ3n) is 5.55. The largest absolute Gasteiger partial charge is 0.507 e. The first-order valence-electron chi connectivity index (χ1n) is 10.7. The van der Waals surface area contributed by atoms with Crippen molar-refractivity contribution >= 4 is 23.2 Å². The van der Waals surface area contributed by atoms with Gasteiger partial charge in [-0.2, -0.15) is 18.3 Å². The SMILES string of the molecule is COc1cccc(C(=O)N(Cc2ccc(Cl)cc2)c2ccc(-c3cc(C(F)(F)F)nn3C)c(O)c2)c1. The fraction of sp³-hybridized carbons (Fsp3) is 0.154. The van der Waals surface area contributed by atoms with Crippen molar-refractivity contribution in [2.45, 2.75) is 12.7 Å². The van der Waals surface area contributed by atoms with Gasteiger partial charge in [0.15, 0.2) is 5.69 Å². The van der Waals surface area contributed by atoms with Crippen molar-refractivity contribution in [3.8, 4) is 22.8 Å². The molecule has 1 heterocycles. The number of halogens is 4. The summed E-state index contributed by atoms with van der Waals surface area (Å²) >= 11 is 5.99. The number of alkyl halides is 3. The number of hydrogen-bond donors (Lipinski definition) is 1. The zero-order valence-electron chi connectivity index (χ0n) is 19.3. The minimum absolute atomic E-state index is 0.0785. The molecule has 4 aromatic rings. The summed E-state index contributed by atoms with van der Waals surface area (Å²) in [6.07, 6.45) is -4.62. The molecule has 0 radical (unpaired) electrons. The summed E-state index contributed by atoms with van der Waals surface area (Å²) in [6.45, 7) is 0.149. The van der Waals surface area contributed by atoms with Crippen LogP contribution >= 0.6 is 11.6 Å². The molecule has 0 saturated heterocycles. The number of rotatable bonds is 6. The Labute approximate surface area is 210 Å². The summed E-state index contributed by atoms with van der Waals surface area (Å²) in [5.41, 5.74) is 0.631. The molecule has 0 spiro atoms. The van der Waals surface area contributed by atoms with Gasteiger partial charge >= 0.3 is 6.18 Å². The summed E-state index contributed by atoms with van der Waals surface area (Å²) in [6, 6.07) is 18.8. The van der Waals surface area contributed by atoms with Gasteiger partial charge in [-0.3, -0.25) is 9.48 Å². The first-order chi connectivity index (χ1) is 17.1. The Balaban J connectivity index is 1.74. The number of phenols is 1. The lowest BCUT2D eigenvalue weighted by molar-refractivity contribution is -0.141. The highest BCUT2D eigenvalue weighted by Gasteiger charge is 2.35. The lowest BCUT2D eigenvalue weighted by atomic mass is 10.1. The summed E-state index contributed by atoms with van der Waals surface area (Å²) in [7, 11) is 2.85. The Morgan fingerprint density at radius 2 is 1.81 bits per heavy atom. The average Bonchev–Trinajstić information content (AvgIpc) is 3.25. The Morgan fingerprint density at radius 3 is 2.42 bits per heavy atom. The first kappa shape index (κ1) is 25.1. The van der Waals surface area contributed by atoms with E-state index in [9.17, 15) is 23.1 Å². The number of anilines is 1. The number of carbonyl (C=O) groups is 1. The molecule has 4 rings (SSSR count). The second-order valence-corrected chi connectivity index (χ2v) is 8.42. The standard InChI is InChI=1S/C26H21ClF3N3O3/c1-32-22(14-24(31-32)26(28,29)30)21-11-10-19(13-23(21)34)33(15-16-6-8-18(27)9-7-16)25(35)17-4-3-5-20(12-17)36-2/h3-14,34H,15H2,1-2H3. The molecular formula is C26H21ClF3N3O3. The predicted octanol–water partition coefficient (Wildman–Crippen LogP) is 6.32. The van der Waals surface area contributed by atoms with Crippen molar-refractivity contribution in [3.05, 3.63) is 94.6 Å². The molecule has 0 aliphatic rings. The maximum Gasteiger partial charge on any atom is 0.435 e. The van der Waals surface area contributed by atoms with E-state index in [2.05, 4.69) is 5.10 Å². The van der Waals surface area contributed by atoms with Crippen LogP contribution in [0.3, 0.4) is 0 Å². The quantitative estimate of drug-likeness (QED) is 0.326. The number of amides is 1. The molecule has 0 fully saturated rings. The lowest BCUT2D eigenvalue weighted by Gasteiger charge is -2.24. The molecule has 1 aromatic heterocycles. The lowest BCUT2D eigenvalue weighted by Crippen LogP contribution is -2.30. The Bertz CT molecular complexity index is 1400. The minimum Gasteiger partial charge on any atom is -0.507 e. The van der Waals surface area contributed by atoms with E-state index in [1.807, 2.05) is 0 Å². The fourth-order valence-corrected chi connectivity index (χ4v) is 3.85. The number of carbonyl (C=O) groups excluding carboxylic acids is 1. The molecule has 0 aliphatic heterocycles. The second kappa shape index (κ2) is 9.94. The van der Waals surface area contributed by atoms with Crippen molar-refractivity contribution < 1.29 is 27.8 Å². The smallest absolute Gasteiger partial charge is 0.435 e. The molecule has 10 heteroatoms. The molecule has 186 valence electrons. The topological polar surface area (TPSA) is 67.6 Å². The first-order valence-corrected chi connectivity index (χ1v) is 11.1. The van der Waals surface area contributed by atoms with Crippen molar-refractivity contribution in [1.82, 2.24) is 9.78 Å². The van der Waals surface area contributed by atoms with Crippen LogP contribution in [-0.2, 0) is 19.8 Å². The maximum atomic E-state index is 13.5. The van der Waals surface area contributed by atoms with Gasteiger partial charge in [-0.05, 0) is 54.1 Å². The van der Waals surface area contributed by atoms with Gasteiger partial charge in [-0.25, -0.2) is 0 Å². The van der Waals surface area contributed by atoms with Crippen LogP contribution in [0.5, 0.6) is 11.5 Å². The molecule has 1 amide bonds. The summed E-state index contributed by atoms with van der Waals surface area (Å²) in [5.74, 6) is -0.165. The Hall–Kier alpha value is -3.98. The molecule has 0 aliphatic carbocycles. The van der Waals surface area contributed by atoms with Gasteiger partial charge in [0, 0.05) is 35.0 Å². The molecule has 0 bridgehead atoms. The summed E-state index contributed by atoms with van der Waals surface area (Å²) in [5, 5.41) is 14.8. The molecule has 3 aromatic carbocycles. The van der Waals surface area contributed by atoms with E-state index in [4.69, 9.17) is 16.3 Å². The number of aryl methyl sites for hydroxylation is 1. The van der Waals surface area contributed by atoms with E-state index in [0.29, 0.717) is 22.0 Å². The van der Waals surface area contributed by atoms with E-state index in [-0.39, 0.29) is 29.5 Å². The van der Waals surface area contributed by atoms with E-state index < -0.39 is 11.9 Å². The van der Waals surface area contributed by atoms with Crippen molar-refractivity contribution in [1.29, 1.82) is 0 Å². The number of aromatic hydroxyl groups is 1. The number of ether oxygens (including phenoxy) is 1. The van der Waals surface area contributed by atoms with Crippen LogP contribution in [0.2, 0.25) is 5.02 Å². The molecule has 0 atom stereocenters. The van der Waals surface area contributed by atoms with Crippen LogP contribution in [-0.4, -0.2) is 27.9 Å². The van der Waals surface area contributed by atoms with E-state index >= 15 is 0 Å². The third kappa shape index (κ3) is 5.31. The highest BCUT2D eigenvalue weighted by Crippen LogP contribution is 2.37. The summed E-state index contributed by atoms with van der Waals surface area (Å²) in [4.78, 5) is 15.0. The van der Waals surface area contributed by atoms with Gasteiger partial charge < -0.3 is 14.7 Å². The van der Waals surface area contributed by atoms with Crippen LogP contribution < -0.4 is 9.64 Å². The van der Waals surface area contributed by atoms with Crippen LogP contribution in [0.15, 0.2) is 72.8 Å². The fourth-order valence-electron chi connectivity index (χ4n) is 3.73. The number of aromatic nitrogens is 2. The normalized spacial score (nSPS) is 11.4. The number of phenolic OH excluding ortho intramolecular Hbond substituents is 1. The zero-order valence-corrected chi connectivity index (χ0v) is 20.0. The number of hydrogen-bond acceptors (Lipinski definition) is 4. The highest BCUT2D eigenvalue weighted by molar-refractivity contribution is 6.30. The van der Waals surface area contributed by atoms with Gasteiger partial charge in [-0.15, -0.1) is 0 Å². The minimum atomic E-state index is -4.62. The number of methoxy groups -OCH3 is 1. The van der Waals surface area contributed by atoms with E-state index in [0.717, 1.165) is 16.3 Å². The molecule has 0 unspecified atom stereocenters. The van der Waals surface area contributed by atoms with Crippen molar-refractivity contribution in [2.24, 2.45) is 7.05 Å². The molecular weight excluding hydrogens is 495 g/mol. The average molecular weight is 516 g/mol. The summed E-state index contributed by atoms with van der Waals surface area (Å²) < 4.78 is 45.6. The van der Waals surface area contributed by atoms with Crippen LogP contribution in [0, 0.1) is 0 Å². The molecule has 6 nitrogen and oxygen atoms in total. The monoisotopic (exact) mass is 515 g/mol. The Morgan fingerprint density at radius 1 is 1.08 bits per heavy atom. The van der Waals surface area contributed by atoms with Gasteiger partial charge in [0.25, 0.3) is 5.91 Å². The van der Waals surface area contributed by atoms with E-state index in [1.54, 1.807) is 54.6 Å².